The largest absolute Gasteiger partial charge is 0.444 e. The third-order valence-corrected chi connectivity index (χ3v) is 7.01. The topological polar surface area (TPSA) is 70.6 Å². The van der Waals surface area contributed by atoms with Crippen molar-refractivity contribution >= 4 is 6.09 Å². The zero-order valence-corrected chi connectivity index (χ0v) is 22.7. The van der Waals surface area contributed by atoms with E-state index in [0.717, 1.165) is 31.7 Å². The van der Waals surface area contributed by atoms with Gasteiger partial charge in [0.05, 0.1) is 12.1 Å². The van der Waals surface area contributed by atoms with Gasteiger partial charge >= 0.3 is 6.09 Å². The number of hydrogen-bond acceptors (Lipinski definition) is 4. The van der Waals surface area contributed by atoms with Crippen molar-refractivity contribution in [1.82, 2.24) is 10.6 Å². The van der Waals surface area contributed by atoms with Gasteiger partial charge in [-0.05, 0) is 74.8 Å². The Morgan fingerprint density at radius 2 is 1.70 bits per heavy atom. The fraction of sp³-hybridized carbons (Fsp3) is 0.567. The molecule has 1 aliphatic rings. The molecular formula is C30H42F2N2O3. The van der Waals surface area contributed by atoms with E-state index in [0.29, 0.717) is 11.5 Å². The Kier molecular flexibility index (Phi) is 9.70. The van der Waals surface area contributed by atoms with Gasteiger partial charge in [-0.3, -0.25) is 0 Å². The molecule has 0 spiro atoms. The Balaban J connectivity index is 1.82. The van der Waals surface area contributed by atoms with Crippen LogP contribution in [0, 0.1) is 11.6 Å². The standard InChI is InChI=1S/C30H42F2N2O3/c1-20(2)22-10-9-11-23(17-22)30(12-7-6-8-13-30)33-19-27(35)26(34-28(36)37-29(3,4)5)16-21-14-24(31)18-25(32)15-21/h9-11,14-15,17-18,20,26-27,33,35H,6-8,12-13,16,19H2,1-5H3,(H,34,36)/t26-,27+/m0/s1. The van der Waals surface area contributed by atoms with Crippen LogP contribution in [0.15, 0.2) is 42.5 Å². The Hall–Kier alpha value is -2.51. The minimum absolute atomic E-state index is 0.0482. The third kappa shape index (κ3) is 8.50. The number of aliphatic hydroxyl groups is 1. The van der Waals surface area contributed by atoms with Crippen molar-refractivity contribution in [1.29, 1.82) is 0 Å². The summed E-state index contributed by atoms with van der Waals surface area (Å²) in [5.41, 5.74) is 1.80. The predicted molar refractivity (Wildman–Crippen MR) is 143 cm³/mol. The maximum absolute atomic E-state index is 13.9. The van der Waals surface area contributed by atoms with E-state index in [4.69, 9.17) is 4.74 Å². The van der Waals surface area contributed by atoms with E-state index in [1.165, 1.54) is 29.7 Å². The monoisotopic (exact) mass is 516 g/mol. The molecule has 1 fully saturated rings. The lowest BCUT2D eigenvalue weighted by atomic mass is 9.75. The summed E-state index contributed by atoms with van der Waals surface area (Å²) >= 11 is 0. The Bertz CT molecular complexity index is 1030. The van der Waals surface area contributed by atoms with Gasteiger partial charge in [-0.1, -0.05) is 57.4 Å². The fourth-order valence-electron chi connectivity index (χ4n) is 5.09. The molecule has 204 valence electrons. The fourth-order valence-corrected chi connectivity index (χ4v) is 5.09. The second-order valence-corrected chi connectivity index (χ2v) is 11.6. The van der Waals surface area contributed by atoms with Crippen molar-refractivity contribution in [3.63, 3.8) is 0 Å². The molecule has 0 aliphatic heterocycles. The molecule has 5 nitrogen and oxygen atoms in total. The smallest absolute Gasteiger partial charge is 0.407 e. The number of ether oxygens (including phenoxy) is 1. The lowest BCUT2D eigenvalue weighted by molar-refractivity contribution is 0.0408. The van der Waals surface area contributed by atoms with Crippen molar-refractivity contribution in [2.45, 2.75) is 102 Å². The minimum Gasteiger partial charge on any atom is -0.444 e. The van der Waals surface area contributed by atoms with Crippen LogP contribution in [0.1, 0.15) is 89.3 Å². The molecular weight excluding hydrogens is 474 g/mol. The molecule has 0 aromatic heterocycles. The van der Waals surface area contributed by atoms with E-state index in [1.54, 1.807) is 20.8 Å². The normalized spacial score (nSPS) is 17.3. The zero-order chi connectivity index (χ0) is 27.2. The second kappa shape index (κ2) is 12.4. The first-order valence-electron chi connectivity index (χ1n) is 13.3. The predicted octanol–water partition coefficient (Wildman–Crippen LogP) is 6.33. The van der Waals surface area contributed by atoms with Crippen molar-refractivity contribution in [2.24, 2.45) is 0 Å². The molecule has 0 unspecified atom stereocenters. The van der Waals surface area contributed by atoms with Crippen LogP contribution in [0.25, 0.3) is 0 Å². The molecule has 2 aromatic carbocycles. The van der Waals surface area contributed by atoms with Crippen LogP contribution in [-0.4, -0.2) is 35.5 Å². The van der Waals surface area contributed by atoms with E-state index in [1.807, 2.05) is 0 Å². The van der Waals surface area contributed by atoms with E-state index >= 15 is 0 Å². The number of alkyl carbamates (subject to hydrolysis) is 1. The number of rotatable bonds is 9. The van der Waals surface area contributed by atoms with Crippen molar-refractivity contribution < 1.29 is 23.4 Å². The van der Waals surface area contributed by atoms with Crippen molar-refractivity contribution in [3.8, 4) is 0 Å². The first kappa shape index (κ1) is 29.1. The number of amides is 1. The molecule has 0 heterocycles. The number of carbonyl (C=O) groups is 1. The van der Waals surface area contributed by atoms with E-state index in [-0.39, 0.29) is 18.5 Å². The number of halogens is 2. The highest BCUT2D eigenvalue weighted by Crippen LogP contribution is 2.38. The van der Waals surface area contributed by atoms with Gasteiger partial charge < -0.3 is 20.5 Å². The summed E-state index contributed by atoms with van der Waals surface area (Å²) in [7, 11) is 0. The van der Waals surface area contributed by atoms with Gasteiger partial charge in [0.15, 0.2) is 0 Å². The maximum Gasteiger partial charge on any atom is 0.407 e. The summed E-state index contributed by atoms with van der Waals surface area (Å²) in [6.07, 6.45) is 3.56. The lowest BCUT2D eigenvalue weighted by Crippen LogP contribution is -2.53. The Morgan fingerprint density at radius 1 is 1.05 bits per heavy atom. The molecule has 0 bridgehead atoms. The second-order valence-electron chi connectivity index (χ2n) is 11.6. The molecule has 3 rings (SSSR count). The number of carbonyl (C=O) groups excluding carboxylic acids is 1. The SMILES string of the molecule is CC(C)c1cccc(C2(NC[C@@H](O)[C@H](Cc3cc(F)cc(F)c3)NC(=O)OC(C)(C)C)CCCCC2)c1. The highest BCUT2D eigenvalue weighted by Gasteiger charge is 2.35. The Labute approximate surface area is 220 Å². The van der Waals surface area contributed by atoms with Gasteiger partial charge in [0.2, 0.25) is 0 Å². The summed E-state index contributed by atoms with van der Waals surface area (Å²) in [6.45, 7) is 9.79. The maximum atomic E-state index is 13.9. The van der Waals surface area contributed by atoms with Crippen LogP contribution in [0.3, 0.4) is 0 Å². The van der Waals surface area contributed by atoms with Gasteiger partial charge in [0.25, 0.3) is 0 Å². The first-order valence-corrected chi connectivity index (χ1v) is 13.3. The summed E-state index contributed by atoms with van der Waals surface area (Å²) in [5, 5.41) is 17.6. The number of aliphatic hydroxyl groups excluding tert-OH is 1. The number of nitrogens with one attached hydrogen (secondary N) is 2. The van der Waals surface area contributed by atoms with Gasteiger partial charge in [0, 0.05) is 18.2 Å². The average Bonchev–Trinajstić information content (AvgIpc) is 2.81. The van der Waals surface area contributed by atoms with Gasteiger partial charge in [-0.2, -0.15) is 0 Å². The van der Waals surface area contributed by atoms with Crippen molar-refractivity contribution in [3.05, 3.63) is 70.8 Å². The molecule has 7 heteroatoms. The highest BCUT2D eigenvalue weighted by molar-refractivity contribution is 5.68. The molecule has 37 heavy (non-hydrogen) atoms. The van der Waals surface area contributed by atoms with Crippen LogP contribution in [0.2, 0.25) is 0 Å². The highest BCUT2D eigenvalue weighted by atomic mass is 19.1. The molecule has 1 aliphatic carbocycles. The van der Waals surface area contributed by atoms with Crippen molar-refractivity contribution in [2.75, 3.05) is 6.54 Å². The number of hydrogen-bond donors (Lipinski definition) is 3. The first-order chi connectivity index (χ1) is 17.4. The summed E-state index contributed by atoms with van der Waals surface area (Å²) in [6, 6.07) is 11.0. The van der Waals surface area contributed by atoms with Crippen LogP contribution >= 0.6 is 0 Å². The van der Waals surface area contributed by atoms with Crippen LogP contribution in [-0.2, 0) is 16.7 Å². The third-order valence-electron chi connectivity index (χ3n) is 7.01. The van der Waals surface area contributed by atoms with Crippen LogP contribution in [0.4, 0.5) is 13.6 Å². The Morgan fingerprint density at radius 3 is 2.30 bits per heavy atom. The molecule has 0 radical (unpaired) electrons. The number of benzene rings is 2. The summed E-state index contributed by atoms with van der Waals surface area (Å²) < 4.78 is 33.1. The molecule has 1 amide bonds. The quantitative estimate of drug-likeness (QED) is 0.364. The molecule has 2 atom stereocenters. The van der Waals surface area contributed by atoms with E-state index < -0.39 is 35.5 Å². The van der Waals surface area contributed by atoms with E-state index in [9.17, 15) is 18.7 Å². The summed E-state index contributed by atoms with van der Waals surface area (Å²) in [4.78, 5) is 12.6. The lowest BCUT2D eigenvalue weighted by Gasteiger charge is -2.40. The average molecular weight is 517 g/mol. The molecule has 0 saturated heterocycles. The van der Waals surface area contributed by atoms with Gasteiger partial charge in [-0.15, -0.1) is 0 Å². The zero-order valence-electron chi connectivity index (χ0n) is 22.7. The van der Waals surface area contributed by atoms with Gasteiger partial charge in [0.1, 0.15) is 17.2 Å². The minimum atomic E-state index is -1.02. The molecule has 2 aromatic rings. The van der Waals surface area contributed by atoms with Crippen LogP contribution in [0.5, 0.6) is 0 Å². The van der Waals surface area contributed by atoms with Crippen LogP contribution < -0.4 is 10.6 Å². The molecule has 1 saturated carbocycles. The van der Waals surface area contributed by atoms with E-state index in [2.05, 4.69) is 48.7 Å². The summed E-state index contributed by atoms with van der Waals surface area (Å²) in [5.74, 6) is -1.00. The molecule has 3 N–H and O–H groups in total. The van der Waals surface area contributed by atoms with Gasteiger partial charge in [-0.25, -0.2) is 13.6 Å².